The average molecular weight is 211 g/mol. The third-order valence-electron chi connectivity index (χ3n) is 1.31. The summed E-state index contributed by atoms with van der Waals surface area (Å²) in [6.07, 6.45) is 0. The van der Waals surface area contributed by atoms with Gasteiger partial charge in [-0.1, -0.05) is 0 Å². The van der Waals surface area contributed by atoms with Crippen LogP contribution in [-0.4, -0.2) is 4.92 Å². The van der Waals surface area contributed by atoms with E-state index in [9.17, 15) is 21.8 Å². The van der Waals surface area contributed by atoms with Crippen LogP contribution in [0.25, 0.3) is 0 Å². The molecule has 0 fully saturated rings. The summed E-state index contributed by atoms with van der Waals surface area (Å²) in [6.45, 7) is 0. The lowest BCUT2D eigenvalue weighted by molar-refractivity contribution is -0.384. The Labute approximate surface area is 73.5 Å². The van der Waals surface area contributed by atoms with Crippen LogP contribution >= 0.6 is 11.2 Å². The maximum atomic E-state index is 12.0. The maximum Gasteiger partial charge on any atom is 0.269 e. The first-order chi connectivity index (χ1) is 5.91. The molecule has 0 saturated carbocycles. The summed E-state index contributed by atoms with van der Waals surface area (Å²) in [5.41, 5.74) is -0.340. The lowest BCUT2D eigenvalue weighted by Gasteiger charge is -2.08. The van der Waals surface area contributed by atoms with Crippen LogP contribution in [0.4, 0.5) is 17.3 Å². The Morgan fingerprint density at radius 2 is 1.62 bits per heavy atom. The zero-order chi connectivity index (χ0) is 10.1. The molecule has 0 amide bonds. The maximum absolute atomic E-state index is 12.0. The van der Waals surface area contributed by atoms with Gasteiger partial charge in [0.15, 0.2) is 0 Å². The van der Waals surface area contributed by atoms with Crippen molar-refractivity contribution in [2.24, 2.45) is 0 Å². The normalized spacial score (nSPS) is 12.5. The van der Waals surface area contributed by atoms with Gasteiger partial charge in [0.2, 0.25) is 11.2 Å². The van der Waals surface area contributed by atoms with Gasteiger partial charge in [0.1, 0.15) is 0 Å². The van der Waals surface area contributed by atoms with Crippen LogP contribution in [0.15, 0.2) is 29.2 Å². The van der Waals surface area contributed by atoms with E-state index < -0.39 is 21.0 Å². The zero-order valence-electron chi connectivity index (χ0n) is 6.12. The minimum atomic E-state index is -5.27. The van der Waals surface area contributed by atoms with Gasteiger partial charge in [0.05, 0.1) is 9.82 Å². The molecule has 0 aliphatic rings. The number of hydrogen-bond donors (Lipinski definition) is 0. The van der Waals surface area contributed by atoms with Gasteiger partial charge >= 0.3 is 0 Å². The number of halogens is 3. The largest absolute Gasteiger partial charge is 0.269 e. The molecule has 13 heavy (non-hydrogen) atoms. The van der Waals surface area contributed by atoms with Crippen LogP contribution in [0.5, 0.6) is 0 Å². The molecule has 0 atom stereocenters. The van der Waals surface area contributed by atoms with Gasteiger partial charge in [-0.3, -0.25) is 10.1 Å². The number of nitro benzene ring substituents is 1. The molecule has 0 aliphatic heterocycles. The van der Waals surface area contributed by atoms with Crippen LogP contribution < -0.4 is 0 Å². The number of rotatable bonds is 2. The van der Waals surface area contributed by atoms with Crippen molar-refractivity contribution >= 4 is 16.9 Å². The van der Waals surface area contributed by atoms with Gasteiger partial charge < -0.3 is 0 Å². The summed E-state index contributed by atoms with van der Waals surface area (Å²) in [7, 11) is 0. The van der Waals surface area contributed by atoms with Crippen molar-refractivity contribution in [2.45, 2.75) is 4.90 Å². The van der Waals surface area contributed by atoms with Crippen molar-refractivity contribution in [2.75, 3.05) is 0 Å². The van der Waals surface area contributed by atoms with E-state index >= 15 is 0 Å². The molecule has 0 saturated heterocycles. The molecule has 1 aromatic rings. The molecule has 7 heteroatoms. The molecule has 0 N–H and O–H groups in total. The topological polar surface area (TPSA) is 43.1 Å². The van der Waals surface area contributed by atoms with Crippen LogP contribution in [0.1, 0.15) is 0 Å². The lowest BCUT2D eigenvalue weighted by Crippen LogP contribution is -1.87. The molecule has 0 radical (unpaired) electrons. The monoisotopic (exact) mass is 211 g/mol. The van der Waals surface area contributed by atoms with Crippen LogP contribution in [-0.2, 0) is 0 Å². The Hall–Kier alpha value is -1.24. The van der Waals surface area contributed by atoms with Gasteiger partial charge in [-0.05, 0) is 12.1 Å². The molecule has 0 heterocycles. The molecular formula is C6H4F3NO2S. The number of benzene rings is 1. The first kappa shape index (κ1) is 9.85. The number of nitro groups is 1. The first-order valence-electron chi connectivity index (χ1n) is 3.08. The Kier molecular flexibility index (Phi) is 2.46. The fourth-order valence-corrected chi connectivity index (χ4v) is 1.17. The summed E-state index contributed by atoms with van der Waals surface area (Å²) < 4.78 is 36.1. The van der Waals surface area contributed by atoms with Gasteiger partial charge in [0.25, 0.3) is 5.69 Å². The minimum Gasteiger partial charge on any atom is -0.258 e. The van der Waals surface area contributed by atoms with E-state index in [1.54, 1.807) is 0 Å². The molecule has 0 unspecified atom stereocenters. The van der Waals surface area contributed by atoms with E-state index in [4.69, 9.17) is 0 Å². The summed E-state index contributed by atoms with van der Waals surface area (Å²) in [5.74, 6) is 0. The van der Waals surface area contributed by atoms with Crippen molar-refractivity contribution in [1.82, 2.24) is 0 Å². The fourth-order valence-electron chi connectivity index (χ4n) is 0.722. The van der Waals surface area contributed by atoms with Crippen molar-refractivity contribution in [3.63, 3.8) is 0 Å². The second kappa shape index (κ2) is 3.25. The van der Waals surface area contributed by atoms with Crippen molar-refractivity contribution in [3.8, 4) is 0 Å². The average Bonchev–Trinajstić information content (AvgIpc) is 2.03. The highest BCUT2D eigenvalue weighted by Crippen LogP contribution is 2.60. The Bertz CT molecular complexity index is 322. The fraction of sp³-hybridized carbons (Fsp3) is 0. The third-order valence-corrected chi connectivity index (χ3v) is 2.12. The molecule has 1 rings (SSSR count). The highest BCUT2D eigenvalue weighted by Gasteiger charge is 2.24. The molecule has 72 valence electrons. The van der Waals surface area contributed by atoms with E-state index in [0.717, 1.165) is 12.1 Å². The standard InChI is InChI=1S/C6H4F3NO2S/c7-13(8,9)6-3-1-5(2-4-6)10(11)12/h1-4H. The van der Waals surface area contributed by atoms with E-state index in [2.05, 4.69) is 0 Å². The van der Waals surface area contributed by atoms with E-state index in [1.807, 2.05) is 0 Å². The van der Waals surface area contributed by atoms with Gasteiger partial charge in [-0.15, -0.1) is 11.7 Å². The van der Waals surface area contributed by atoms with Gasteiger partial charge in [-0.2, -0.15) is 0 Å². The van der Waals surface area contributed by atoms with E-state index in [0.29, 0.717) is 12.1 Å². The second-order valence-corrected chi connectivity index (χ2v) is 3.44. The zero-order valence-corrected chi connectivity index (χ0v) is 6.93. The molecular weight excluding hydrogens is 207 g/mol. The number of nitrogens with zero attached hydrogens (tertiary/aromatic N) is 1. The summed E-state index contributed by atoms with van der Waals surface area (Å²) >= 11 is -5.27. The number of non-ortho nitro benzene ring substituents is 1. The smallest absolute Gasteiger partial charge is 0.258 e. The Balaban J connectivity index is 3.01. The molecule has 0 aliphatic carbocycles. The van der Waals surface area contributed by atoms with Gasteiger partial charge in [0, 0.05) is 12.1 Å². The van der Waals surface area contributed by atoms with Crippen LogP contribution in [0.2, 0.25) is 0 Å². The second-order valence-electron chi connectivity index (χ2n) is 2.16. The Morgan fingerprint density at radius 1 is 1.15 bits per heavy atom. The molecule has 0 spiro atoms. The van der Waals surface area contributed by atoms with Crippen molar-refractivity contribution < 1.29 is 16.6 Å². The molecule has 0 aromatic heterocycles. The van der Waals surface area contributed by atoms with Gasteiger partial charge in [-0.25, -0.2) is 0 Å². The quantitative estimate of drug-likeness (QED) is 0.555. The highest BCUT2D eigenvalue weighted by atomic mass is 32.3. The summed E-state index contributed by atoms with van der Waals surface area (Å²) in [6, 6.07) is 3.12. The Morgan fingerprint density at radius 3 is 1.92 bits per heavy atom. The van der Waals surface area contributed by atoms with E-state index in [1.165, 1.54) is 0 Å². The predicted octanol–water partition coefficient (Wildman–Crippen LogP) is 3.41. The lowest BCUT2D eigenvalue weighted by atomic mass is 10.3. The van der Waals surface area contributed by atoms with E-state index in [-0.39, 0.29) is 5.69 Å². The predicted molar refractivity (Wildman–Crippen MR) is 42.3 cm³/mol. The molecule has 1 aromatic carbocycles. The molecule has 0 bridgehead atoms. The summed E-state index contributed by atoms with van der Waals surface area (Å²) in [5, 5.41) is 10.1. The SMILES string of the molecule is O=[N+]([O-])c1ccc(S(F)(F)F)cc1. The minimum absolute atomic E-state index is 0.340. The van der Waals surface area contributed by atoms with Crippen LogP contribution in [0.3, 0.4) is 0 Å². The third kappa shape index (κ3) is 2.35. The van der Waals surface area contributed by atoms with Crippen molar-refractivity contribution in [3.05, 3.63) is 34.4 Å². The first-order valence-corrected chi connectivity index (χ1v) is 4.41. The van der Waals surface area contributed by atoms with Crippen LogP contribution in [0, 0.1) is 10.1 Å². The van der Waals surface area contributed by atoms with Crippen molar-refractivity contribution in [1.29, 1.82) is 0 Å². The number of hydrogen-bond acceptors (Lipinski definition) is 2. The highest BCUT2D eigenvalue weighted by molar-refractivity contribution is 8.20. The molecule has 3 nitrogen and oxygen atoms in total. The summed E-state index contributed by atoms with van der Waals surface area (Å²) in [4.78, 5) is 8.55.